The van der Waals surface area contributed by atoms with E-state index < -0.39 is 0 Å². The normalized spacial score (nSPS) is 32.7. The van der Waals surface area contributed by atoms with Crippen LogP contribution in [0.3, 0.4) is 0 Å². The lowest BCUT2D eigenvalue weighted by Gasteiger charge is -2.40. The third kappa shape index (κ3) is 4.19. The minimum Gasteiger partial charge on any atom is -0.376 e. The van der Waals surface area contributed by atoms with Gasteiger partial charge in [-0.2, -0.15) is 0 Å². The van der Waals surface area contributed by atoms with Gasteiger partial charge in [-0.05, 0) is 6.42 Å². The summed E-state index contributed by atoms with van der Waals surface area (Å²) in [6.45, 7) is 2.81. The maximum Gasteiger partial charge on any atom is 0.114 e. The van der Waals surface area contributed by atoms with Crippen molar-refractivity contribution in [1.82, 2.24) is 0 Å². The van der Waals surface area contributed by atoms with E-state index in [1.54, 1.807) is 21.3 Å². The van der Waals surface area contributed by atoms with E-state index in [1.165, 1.54) is 25.7 Å². The molecule has 0 aromatic heterocycles. The summed E-state index contributed by atoms with van der Waals surface area (Å²) in [7, 11) is 5.12. The van der Waals surface area contributed by atoms with Crippen LogP contribution in [-0.4, -0.2) is 52.4 Å². The molecule has 4 unspecified atom stereocenters. The van der Waals surface area contributed by atoms with Gasteiger partial charge in [0, 0.05) is 21.3 Å². The minimum atomic E-state index is -0.0371. The lowest BCUT2D eigenvalue weighted by molar-refractivity contribution is -0.212. The lowest BCUT2D eigenvalue weighted by atomic mass is 9.95. The Hall–Kier alpha value is -0.160. The van der Waals surface area contributed by atoms with E-state index >= 15 is 0 Å². The SMILES string of the molecule is CCCCCCC1OCC(OC)C(OC)C1OC. The summed E-state index contributed by atoms with van der Waals surface area (Å²) in [4.78, 5) is 0. The molecular formula is C14H28O4. The zero-order chi connectivity index (χ0) is 13.4. The first-order chi connectivity index (χ1) is 8.78. The van der Waals surface area contributed by atoms with Crippen molar-refractivity contribution in [3.63, 3.8) is 0 Å². The molecular weight excluding hydrogens is 232 g/mol. The molecule has 0 saturated carbocycles. The van der Waals surface area contributed by atoms with Crippen molar-refractivity contribution in [2.75, 3.05) is 27.9 Å². The number of methoxy groups -OCH3 is 3. The van der Waals surface area contributed by atoms with Crippen LogP contribution < -0.4 is 0 Å². The Labute approximate surface area is 111 Å². The van der Waals surface area contributed by atoms with E-state index in [2.05, 4.69) is 6.92 Å². The molecule has 4 nitrogen and oxygen atoms in total. The first-order valence-corrected chi connectivity index (χ1v) is 6.98. The fraction of sp³-hybridized carbons (Fsp3) is 1.00. The highest BCUT2D eigenvalue weighted by Crippen LogP contribution is 2.25. The van der Waals surface area contributed by atoms with Gasteiger partial charge < -0.3 is 18.9 Å². The highest BCUT2D eigenvalue weighted by Gasteiger charge is 2.40. The van der Waals surface area contributed by atoms with Gasteiger partial charge in [-0.15, -0.1) is 0 Å². The van der Waals surface area contributed by atoms with Crippen LogP contribution in [-0.2, 0) is 18.9 Å². The number of rotatable bonds is 8. The van der Waals surface area contributed by atoms with Crippen LogP contribution in [0.2, 0.25) is 0 Å². The maximum atomic E-state index is 5.87. The van der Waals surface area contributed by atoms with Crippen LogP contribution in [0.4, 0.5) is 0 Å². The molecule has 0 aliphatic carbocycles. The fourth-order valence-corrected chi connectivity index (χ4v) is 2.63. The quantitative estimate of drug-likeness (QED) is 0.628. The van der Waals surface area contributed by atoms with E-state index in [1.807, 2.05) is 0 Å². The van der Waals surface area contributed by atoms with Gasteiger partial charge in [0.05, 0.1) is 12.7 Å². The van der Waals surface area contributed by atoms with Gasteiger partial charge in [0.2, 0.25) is 0 Å². The Morgan fingerprint density at radius 3 is 2.22 bits per heavy atom. The minimum absolute atomic E-state index is 0.0321. The zero-order valence-corrected chi connectivity index (χ0v) is 12.2. The second-order valence-electron chi connectivity index (χ2n) is 4.90. The molecule has 0 spiro atoms. The van der Waals surface area contributed by atoms with Gasteiger partial charge in [-0.1, -0.05) is 32.6 Å². The molecule has 1 aliphatic heterocycles. The van der Waals surface area contributed by atoms with Gasteiger partial charge in [-0.3, -0.25) is 0 Å². The molecule has 1 fully saturated rings. The van der Waals surface area contributed by atoms with Gasteiger partial charge in [0.15, 0.2) is 0 Å². The largest absolute Gasteiger partial charge is 0.376 e. The van der Waals surface area contributed by atoms with E-state index in [4.69, 9.17) is 18.9 Å². The molecule has 0 aromatic rings. The maximum absolute atomic E-state index is 5.87. The monoisotopic (exact) mass is 260 g/mol. The van der Waals surface area contributed by atoms with Gasteiger partial charge in [-0.25, -0.2) is 0 Å². The van der Waals surface area contributed by atoms with Crippen LogP contribution in [0.5, 0.6) is 0 Å². The van der Waals surface area contributed by atoms with E-state index in [9.17, 15) is 0 Å². The van der Waals surface area contributed by atoms with Crippen molar-refractivity contribution >= 4 is 0 Å². The fourth-order valence-electron chi connectivity index (χ4n) is 2.63. The van der Waals surface area contributed by atoms with Crippen LogP contribution >= 0.6 is 0 Å². The van der Waals surface area contributed by atoms with E-state index in [0.29, 0.717) is 6.61 Å². The van der Waals surface area contributed by atoms with Crippen LogP contribution in [0, 0.1) is 0 Å². The lowest BCUT2D eigenvalue weighted by Crippen LogP contribution is -2.55. The molecule has 1 aliphatic rings. The molecule has 0 amide bonds. The number of hydrogen-bond donors (Lipinski definition) is 0. The number of hydrogen-bond acceptors (Lipinski definition) is 4. The van der Waals surface area contributed by atoms with E-state index in [-0.39, 0.29) is 24.4 Å². The first kappa shape index (κ1) is 15.9. The molecule has 0 radical (unpaired) electrons. The van der Waals surface area contributed by atoms with Crippen molar-refractivity contribution in [1.29, 1.82) is 0 Å². The van der Waals surface area contributed by atoms with Crippen LogP contribution in [0.25, 0.3) is 0 Å². The molecule has 4 heteroatoms. The Kier molecular flexibility index (Phi) is 7.82. The van der Waals surface area contributed by atoms with Crippen molar-refractivity contribution < 1.29 is 18.9 Å². The van der Waals surface area contributed by atoms with Crippen LogP contribution in [0.1, 0.15) is 39.0 Å². The van der Waals surface area contributed by atoms with Crippen molar-refractivity contribution in [2.45, 2.75) is 63.4 Å². The van der Waals surface area contributed by atoms with E-state index in [0.717, 1.165) is 6.42 Å². The molecule has 18 heavy (non-hydrogen) atoms. The highest BCUT2D eigenvalue weighted by molar-refractivity contribution is 4.89. The molecule has 1 saturated heterocycles. The Bertz CT molecular complexity index is 210. The number of unbranched alkanes of at least 4 members (excludes halogenated alkanes) is 3. The molecule has 1 rings (SSSR count). The topological polar surface area (TPSA) is 36.9 Å². The summed E-state index contributed by atoms with van der Waals surface area (Å²) in [5, 5.41) is 0. The second-order valence-corrected chi connectivity index (χ2v) is 4.90. The summed E-state index contributed by atoms with van der Waals surface area (Å²) in [6, 6.07) is 0. The molecule has 1 heterocycles. The Morgan fingerprint density at radius 1 is 0.944 bits per heavy atom. The number of ether oxygens (including phenoxy) is 4. The van der Waals surface area contributed by atoms with Crippen molar-refractivity contribution in [2.24, 2.45) is 0 Å². The predicted octanol–water partition coefficient (Wildman–Crippen LogP) is 2.40. The third-order valence-corrected chi connectivity index (χ3v) is 3.72. The summed E-state index contributed by atoms with van der Waals surface area (Å²) < 4.78 is 22.3. The molecule has 4 atom stereocenters. The summed E-state index contributed by atoms with van der Waals surface area (Å²) in [6.07, 6.45) is 6.06. The predicted molar refractivity (Wildman–Crippen MR) is 70.9 cm³/mol. The molecule has 0 N–H and O–H groups in total. The third-order valence-electron chi connectivity index (χ3n) is 3.72. The van der Waals surface area contributed by atoms with Crippen molar-refractivity contribution in [3.8, 4) is 0 Å². The Balaban J connectivity index is 2.47. The van der Waals surface area contributed by atoms with Gasteiger partial charge in [0.25, 0.3) is 0 Å². The Morgan fingerprint density at radius 2 is 1.67 bits per heavy atom. The molecule has 0 bridgehead atoms. The standard InChI is InChI=1S/C14H28O4/c1-5-6-7-8-9-11-13(16-3)14(17-4)12(15-2)10-18-11/h11-14H,5-10H2,1-4H3. The molecule has 0 aromatic carbocycles. The average molecular weight is 260 g/mol. The van der Waals surface area contributed by atoms with Crippen LogP contribution in [0.15, 0.2) is 0 Å². The summed E-state index contributed by atoms with van der Waals surface area (Å²) >= 11 is 0. The second kappa shape index (κ2) is 8.86. The first-order valence-electron chi connectivity index (χ1n) is 6.98. The van der Waals surface area contributed by atoms with Crippen molar-refractivity contribution in [3.05, 3.63) is 0 Å². The van der Waals surface area contributed by atoms with Gasteiger partial charge >= 0.3 is 0 Å². The van der Waals surface area contributed by atoms with Gasteiger partial charge in [0.1, 0.15) is 18.3 Å². The average Bonchev–Trinajstić information content (AvgIpc) is 2.42. The zero-order valence-electron chi connectivity index (χ0n) is 12.2. The highest BCUT2D eigenvalue weighted by atomic mass is 16.6. The summed E-state index contributed by atoms with van der Waals surface area (Å²) in [5.41, 5.74) is 0. The smallest absolute Gasteiger partial charge is 0.114 e. The summed E-state index contributed by atoms with van der Waals surface area (Å²) in [5.74, 6) is 0. The molecule has 108 valence electrons.